The Balaban J connectivity index is 2.32. The van der Waals surface area contributed by atoms with E-state index in [0.717, 1.165) is 0 Å². The second kappa shape index (κ2) is 7.76. The Bertz CT molecular complexity index is 793. The van der Waals surface area contributed by atoms with Crippen LogP contribution in [-0.2, 0) is 19.6 Å². The van der Waals surface area contributed by atoms with Crippen LogP contribution in [0.3, 0.4) is 0 Å². The first-order valence-electron chi connectivity index (χ1n) is 6.41. The number of carbonyl (C=O) groups is 1. The van der Waals surface area contributed by atoms with Crippen molar-refractivity contribution in [1.82, 2.24) is 4.72 Å². The predicted octanol–water partition coefficient (Wildman–Crippen LogP) is 3.75. The highest BCUT2D eigenvalue weighted by atomic mass is 79.9. The quantitative estimate of drug-likeness (QED) is 0.697. The molecule has 0 spiro atoms. The monoisotopic (exact) mass is 437 g/mol. The second-order valence-electron chi connectivity index (χ2n) is 4.54. The van der Waals surface area contributed by atoms with Gasteiger partial charge in [0.15, 0.2) is 0 Å². The van der Waals surface area contributed by atoms with Gasteiger partial charge in [-0.05, 0) is 29.6 Å². The van der Waals surface area contributed by atoms with Crippen molar-refractivity contribution in [2.45, 2.75) is 17.4 Å². The zero-order valence-electron chi connectivity index (χ0n) is 12.0. The SMILES string of the molecule is COC(=O)CC(NS(=O)(=O)c1ccc(Br)cc1Cl)c1cccs1. The van der Waals surface area contributed by atoms with Crippen molar-refractivity contribution in [2.24, 2.45) is 0 Å². The number of carbonyl (C=O) groups excluding carboxylic acids is 1. The second-order valence-corrected chi connectivity index (χ2v) is 8.53. The summed E-state index contributed by atoms with van der Waals surface area (Å²) in [5, 5.41) is 1.90. The highest BCUT2D eigenvalue weighted by molar-refractivity contribution is 9.10. The highest BCUT2D eigenvalue weighted by Gasteiger charge is 2.26. The molecule has 0 saturated heterocycles. The van der Waals surface area contributed by atoms with Crippen LogP contribution in [0.5, 0.6) is 0 Å². The average Bonchev–Trinajstić information content (AvgIpc) is 2.99. The Labute approximate surface area is 151 Å². The number of sulfonamides is 1. The molecule has 0 bridgehead atoms. The summed E-state index contributed by atoms with van der Waals surface area (Å²) in [5.74, 6) is -0.506. The number of rotatable bonds is 6. The Morgan fingerprint density at radius 1 is 1.43 bits per heavy atom. The average molecular weight is 439 g/mol. The molecule has 0 aliphatic rings. The molecule has 0 amide bonds. The summed E-state index contributed by atoms with van der Waals surface area (Å²) in [6, 6.07) is 7.30. The molecule has 9 heteroatoms. The third-order valence-corrected chi connectivity index (χ3v) is 6.40. The molecule has 124 valence electrons. The van der Waals surface area contributed by atoms with Crippen molar-refractivity contribution in [2.75, 3.05) is 7.11 Å². The molecule has 2 aromatic rings. The minimum absolute atomic E-state index is 0.0474. The van der Waals surface area contributed by atoms with Crippen molar-refractivity contribution < 1.29 is 17.9 Å². The first-order chi connectivity index (χ1) is 10.8. The van der Waals surface area contributed by atoms with Crippen LogP contribution in [0.15, 0.2) is 45.1 Å². The van der Waals surface area contributed by atoms with E-state index in [1.165, 1.54) is 30.6 Å². The number of nitrogens with one attached hydrogen (secondary N) is 1. The van der Waals surface area contributed by atoms with Gasteiger partial charge in [0.2, 0.25) is 10.0 Å². The van der Waals surface area contributed by atoms with Crippen LogP contribution in [0.2, 0.25) is 5.02 Å². The standard InChI is InChI=1S/C14H13BrClNO4S2/c1-21-14(18)8-11(12-3-2-6-22-12)17-23(19,20)13-5-4-9(15)7-10(13)16/h2-7,11,17H,8H2,1H3. The fourth-order valence-corrected chi connectivity index (χ4v) is 4.99. The summed E-state index contributed by atoms with van der Waals surface area (Å²) < 4.78 is 33.0. The van der Waals surface area contributed by atoms with Crippen LogP contribution in [0.25, 0.3) is 0 Å². The molecule has 23 heavy (non-hydrogen) atoms. The first-order valence-corrected chi connectivity index (χ1v) is 9.94. The Morgan fingerprint density at radius 3 is 2.74 bits per heavy atom. The number of methoxy groups -OCH3 is 1. The molecular formula is C14H13BrClNO4S2. The lowest BCUT2D eigenvalue weighted by molar-refractivity contribution is -0.141. The van der Waals surface area contributed by atoms with Crippen LogP contribution in [-0.4, -0.2) is 21.5 Å². The van der Waals surface area contributed by atoms with Gasteiger partial charge >= 0.3 is 5.97 Å². The van der Waals surface area contributed by atoms with Gasteiger partial charge in [0.1, 0.15) is 4.90 Å². The molecule has 0 saturated carbocycles. The summed E-state index contributed by atoms with van der Waals surface area (Å²) in [5.41, 5.74) is 0. The third kappa shape index (κ3) is 4.77. The van der Waals surface area contributed by atoms with Gasteiger partial charge in [0, 0.05) is 9.35 Å². The van der Waals surface area contributed by atoms with Crippen LogP contribution in [0.1, 0.15) is 17.3 Å². The molecule has 1 aromatic carbocycles. The molecule has 0 aliphatic heterocycles. The maximum Gasteiger partial charge on any atom is 0.307 e. The van der Waals surface area contributed by atoms with E-state index in [1.807, 2.05) is 0 Å². The summed E-state index contributed by atoms with van der Waals surface area (Å²) >= 11 is 10.6. The van der Waals surface area contributed by atoms with Crippen LogP contribution in [0.4, 0.5) is 0 Å². The molecule has 1 atom stereocenters. The maximum absolute atomic E-state index is 12.6. The van der Waals surface area contributed by atoms with Gasteiger partial charge in [-0.3, -0.25) is 4.79 Å². The van der Waals surface area contributed by atoms with Gasteiger partial charge in [-0.1, -0.05) is 33.6 Å². The molecule has 0 radical (unpaired) electrons. The number of halogens is 2. The normalized spacial score (nSPS) is 12.8. The van der Waals surface area contributed by atoms with Gasteiger partial charge in [-0.2, -0.15) is 0 Å². The van der Waals surface area contributed by atoms with Crippen LogP contribution < -0.4 is 4.72 Å². The number of ether oxygens (including phenoxy) is 1. The zero-order chi connectivity index (χ0) is 17.0. The van der Waals surface area contributed by atoms with Crippen molar-refractivity contribution in [3.8, 4) is 0 Å². The molecule has 0 aliphatic carbocycles. The molecule has 0 fully saturated rings. The van der Waals surface area contributed by atoms with Gasteiger partial charge in [-0.15, -0.1) is 11.3 Å². The van der Waals surface area contributed by atoms with Crippen molar-refractivity contribution in [3.05, 3.63) is 50.1 Å². The smallest absolute Gasteiger partial charge is 0.307 e. The van der Waals surface area contributed by atoms with Gasteiger partial charge in [0.05, 0.1) is 24.6 Å². The maximum atomic E-state index is 12.6. The number of hydrogen-bond acceptors (Lipinski definition) is 5. The fraction of sp³-hybridized carbons (Fsp3) is 0.214. The van der Waals surface area contributed by atoms with Crippen LogP contribution >= 0.6 is 38.9 Å². The molecule has 1 unspecified atom stereocenters. The molecular weight excluding hydrogens is 426 g/mol. The van der Waals surface area contributed by atoms with E-state index in [0.29, 0.717) is 9.35 Å². The van der Waals surface area contributed by atoms with Gasteiger partial charge < -0.3 is 4.74 Å². The van der Waals surface area contributed by atoms with E-state index in [1.54, 1.807) is 23.6 Å². The summed E-state index contributed by atoms with van der Waals surface area (Å²) in [6.45, 7) is 0. The lowest BCUT2D eigenvalue weighted by Crippen LogP contribution is -2.30. The highest BCUT2D eigenvalue weighted by Crippen LogP contribution is 2.29. The van der Waals surface area contributed by atoms with Crippen molar-refractivity contribution >= 4 is 54.9 Å². The third-order valence-electron chi connectivity index (χ3n) is 2.97. The van der Waals surface area contributed by atoms with Crippen molar-refractivity contribution in [3.63, 3.8) is 0 Å². The lowest BCUT2D eigenvalue weighted by Gasteiger charge is -2.17. The molecule has 1 heterocycles. The first kappa shape index (κ1) is 18.4. The summed E-state index contributed by atoms with van der Waals surface area (Å²) in [4.78, 5) is 12.2. The minimum atomic E-state index is -3.89. The van der Waals surface area contributed by atoms with E-state index in [-0.39, 0.29) is 16.3 Å². The largest absolute Gasteiger partial charge is 0.469 e. The Morgan fingerprint density at radius 2 is 2.17 bits per heavy atom. The Hall–Kier alpha value is -0.930. The summed E-state index contributed by atoms with van der Waals surface area (Å²) in [7, 11) is -2.63. The molecule has 1 aromatic heterocycles. The van der Waals surface area contributed by atoms with Crippen molar-refractivity contribution in [1.29, 1.82) is 0 Å². The van der Waals surface area contributed by atoms with Gasteiger partial charge in [0.25, 0.3) is 0 Å². The minimum Gasteiger partial charge on any atom is -0.469 e. The molecule has 1 N–H and O–H groups in total. The topological polar surface area (TPSA) is 72.5 Å². The lowest BCUT2D eigenvalue weighted by atomic mass is 10.2. The van der Waals surface area contributed by atoms with E-state index >= 15 is 0 Å². The van der Waals surface area contributed by atoms with E-state index in [2.05, 4.69) is 25.4 Å². The van der Waals surface area contributed by atoms with E-state index in [9.17, 15) is 13.2 Å². The molecule has 2 rings (SSSR count). The number of hydrogen-bond donors (Lipinski definition) is 1. The van der Waals surface area contributed by atoms with Crippen LogP contribution in [0, 0.1) is 0 Å². The molecule has 5 nitrogen and oxygen atoms in total. The van der Waals surface area contributed by atoms with Gasteiger partial charge in [-0.25, -0.2) is 13.1 Å². The summed E-state index contributed by atoms with van der Waals surface area (Å²) in [6.07, 6.45) is -0.107. The van der Waals surface area contributed by atoms with E-state index < -0.39 is 22.0 Å². The number of thiophene rings is 1. The predicted molar refractivity (Wildman–Crippen MR) is 93.2 cm³/mol. The zero-order valence-corrected chi connectivity index (χ0v) is 15.9. The number of benzene rings is 1. The number of esters is 1. The Kier molecular flexibility index (Phi) is 6.21. The van der Waals surface area contributed by atoms with E-state index in [4.69, 9.17) is 11.6 Å². The fourth-order valence-electron chi connectivity index (χ4n) is 1.88.